The van der Waals surface area contributed by atoms with Gasteiger partial charge in [-0.25, -0.2) is 4.79 Å². The number of carboxylic acid groups (broad SMARTS) is 2. The summed E-state index contributed by atoms with van der Waals surface area (Å²) in [7, 11) is -6.53. The predicted molar refractivity (Wildman–Crippen MR) is 156 cm³/mol. The average Bonchev–Trinajstić information content (AvgIpc) is 2.81. The molecule has 2 N–H and O–H groups in total. The van der Waals surface area contributed by atoms with Crippen LogP contribution < -0.4 is 0 Å². The zero-order valence-corrected chi connectivity index (χ0v) is 27.2. The minimum absolute atomic E-state index is 0.0694. The summed E-state index contributed by atoms with van der Waals surface area (Å²) in [5.41, 5.74) is 1.44. The van der Waals surface area contributed by atoms with Crippen LogP contribution in [0.1, 0.15) is 38.3 Å². The molecule has 0 aliphatic rings. The molecule has 38 heavy (non-hydrogen) atoms. The first-order valence-electron chi connectivity index (χ1n) is 12.0. The van der Waals surface area contributed by atoms with E-state index in [1.165, 1.54) is 0 Å². The summed E-state index contributed by atoms with van der Waals surface area (Å²) < 4.78 is 33.2. The SMILES string of the molecule is CC(C)(C)[Si](C)(C)OC(CC(CP(=O)(OCc1ccc(Br)cc1)OCc1ccc(Br)cc1)C(=O)O)C(=O)O. The zero-order chi connectivity index (χ0) is 28.7. The second-order valence-corrected chi connectivity index (χ2v) is 19.3. The molecule has 2 aromatic carbocycles. The van der Waals surface area contributed by atoms with Crippen LogP contribution >= 0.6 is 39.5 Å². The molecule has 0 amide bonds. The van der Waals surface area contributed by atoms with Gasteiger partial charge < -0.3 is 23.7 Å². The van der Waals surface area contributed by atoms with Crippen LogP contribution in [-0.2, 0) is 40.8 Å². The molecule has 0 aliphatic carbocycles. The molecule has 2 rings (SSSR count). The van der Waals surface area contributed by atoms with Crippen molar-refractivity contribution in [3.8, 4) is 0 Å². The molecular weight excluding hydrogens is 659 g/mol. The molecule has 0 fully saturated rings. The molecule has 12 heteroatoms. The molecule has 2 atom stereocenters. The lowest BCUT2D eigenvalue weighted by Crippen LogP contribution is -2.47. The minimum atomic E-state index is -4.00. The van der Waals surface area contributed by atoms with Gasteiger partial charge in [-0.3, -0.25) is 9.36 Å². The van der Waals surface area contributed by atoms with E-state index in [0.717, 1.165) is 20.1 Å². The maximum absolute atomic E-state index is 13.9. The van der Waals surface area contributed by atoms with Gasteiger partial charge in [0.25, 0.3) is 0 Å². The van der Waals surface area contributed by atoms with Crippen molar-refractivity contribution >= 4 is 59.7 Å². The van der Waals surface area contributed by atoms with E-state index in [1.807, 2.05) is 58.1 Å². The topological polar surface area (TPSA) is 119 Å². The maximum atomic E-state index is 13.9. The predicted octanol–water partition coefficient (Wildman–Crippen LogP) is 7.70. The molecule has 0 spiro atoms. The number of hydrogen-bond donors (Lipinski definition) is 2. The highest BCUT2D eigenvalue weighted by molar-refractivity contribution is 9.10. The van der Waals surface area contributed by atoms with E-state index in [4.69, 9.17) is 13.5 Å². The van der Waals surface area contributed by atoms with E-state index in [0.29, 0.717) is 0 Å². The Labute approximate surface area is 242 Å². The van der Waals surface area contributed by atoms with E-state index in [9.17, 15) is 24.4 Å². The van der Waals surface area contributed by atoms with Crippen LogP contribution in [0.4, 0.5) is 0 Å². The molecule has 0 bridgehead atoms. The lowest BCUT2D eigenvalue weighted by Gasteiger charge is -2.38. The number of hydrogen-bond acceptors (Lipinski definition) is 6. The van der Waals surface area contributed by atoms with Crippen LogP contribution in [0.25, 0.3) is 0 Å². The highest BCUT2D eigenvalue weighted by atomic mass is 79.9. The molecule has 8 nitrogen and oxygen atoms in total. The second-order valence-electron chi connectivity index (χ2n) is 10.6. The Morgan fingerprint density at radius 1 is 0.868 bits per heavy atom. The highest BCUT2D eigenvalue weighted by Gasteiger charge is 2.43. The zero-order valence-electron chi connectivity index (χ0n) is 22.1. The first-order chi connectivity index (χ1) is 17.5. The number of aliphatic carboxylic acids is 2. The number of rotatable bonds is 14. The van der Waals surface area contributed by atoms with Crippen molar-refractivity contribution in [1.82, 2.24) is 0 Å². The van der Waals surface area contributed by atoms with Crippen LogP contribution in [0.3, 0.4) is 0 Å². The lowest BCUT2D eigenvalue weighted by molar-refractivity contribution is -0.148. The quantitative estimate of drug-likeness (QED) is 0.153. The third-order valence-electron chi connectivity index (χ3n) is 6.49. The van der Waals surface area contributed by atoms with E-state index < -0.39 is 46.0 Å². The van der Waals surface area contributed by atoms with Crippen LogP contribution in [0.5, 0.6) is 0 Å². The summed E-state index contributed by atoms with van der Waals surface area (Å²) >= 11 is 6.72. The van der Waals surface area contributed by atoms with Crippen LogP contribution in [0, 0.1) is 5.92 Å². The Morgan fingerprint density at radius 3 is 1.63 bits per heavy atom. The monoisotopic (exact) mass is 692 g/mol. The van der Waals surface area contributed by atoms with Crippen molar-refractivity contribution < 1.29 is 37.8 Å². The van der Waals surface area contributed by atoms with Crippen LogP contribution in [0.2, 0.25) is 18.1 Å². The highest BCUT2D eigenvalue weighted by Crippen LogP contribution is 2.52. The first-order valence-corrected chi connectivity index (χ1v) is 18.2. The molecule has 0 aromatic heterocycles. The Morgan fingerprint density at radius 2 is 1.29 bits per heavy atom. The third kappa shape index (κ3) is 10.3. The van der Waals surface area contributed by atoms with Crippen molar-refractivity contribution in [2.24, 2.45) is 5.92 Å². The summed E-state index contributed by atoms with van der Waals surface area (Å²) in [5, 5.41) is 19.5. The molecule has 2 aromatic rings. The molecule has 0 heterocycles. The summed E-state index contributed by atoms with van der Waals surface area (Å²) in [4.78, 5) is 24.3. The first kappa shape index (κ1) is 32.9. The van der Waals surface area contributed by atoms with Gasteiger partial charge in [0.15, 0.2) is 8.32 Å². The lowest BCUT2D eigenvalue weighted by atomic mass is 10.0. The summed E-state index contributed by atoms with van der Waals surface area (Å²) in [6.07, 6.45) is -2.24. The Balaban J connectivity index is 2.28. The van der Waals surface area contributed by atoms with Gasteiger partial charge in [-0.2, -0.15) is 0 Å². The largest absolute Gasteiger partial charge is 0.481 e. The van der Waals surface area contributed by atoms with Gasteiger partial charge in [-0.15, -0.1) is 0 Å². The van der Waals surface area contributed by atoms with Gasteiger partial charge in [0, 0.05) is 8.95 Å². The fourth-order valence-electron chi connectivity index (χ4n) is 3.16. The van der Waals surface area contributed by atoms with Crippen molar-refractivity contribution in [3.63, 3.8) is 0 Å². The smallest absolute Gasteiger partial charge is 0.332 e. The molecule has 0 saturated heterocycles. The second kappa shape index (κ2) is 13.8. The van der Waals surface area contributed by atoms with Gasteiger partial charge in [-0.05, 0) is 59.9 Å². The number of carboxylic acids is 2. The maximum Gasteiger partial charge on any atom is 0.332 e. The van der Waals surface area contributed by atoms with Crippen molar-refractivity contribution in [1.29, 1.82) is 0 Å². The molecule has 0 aliphatic heterocycles. The minimum Gasteiger partial charge on any atom is -0.481 e. The third-order valence-corrected chi connectivity index (χ3v) is 14.0. The molecule has 0 radical (unpaired) electrons. The number of halogens is 2. The van der Waals surface area contributed by atoms with Gasteiger partial charge in [0.05, 0.1) is 25.3 Å². The van der Waals surface area contributed by atoms with E-state index in [2.05, 4.69) is 31.9 Å². The summed E-state index contributed by atoms with van der Waals surface area (Å²) in [5.74, 6) is -3.89. The average molecular weight is 694 g/mol. The fourth-order valence-corrected chi connectivity index (χ4v) is 6.78. The normalized spacial score (nSPS) is 14.2. The van der Waals surface area contributed by atoms with Gasteiger partial charge in [-0.1, -0.05) is 76.9 Å². The van der Waals surface area contributed by atoms with Gasteiger partial charge in [0.1, 0.15) is 6.10 Å². The van der Waals surface area contributed by atoms with Crippen molar-refractivity contribution in [2.45, 2.75) is 64.6 Å². The van der Waals surface area contributed by atoms with Crippen molar-refractivity contribution in [3.05, 3.63) is 68.6 Å². The van der Waals surface area contributed by atoms with E-state index in [1.54, 1.807) is 24.3 Å². The number of benzene rings is 2. The van der Waals surface area contributed by atoms with E-state index in [-0.39, 0.29) is 24.7 Å². The molecule has 210 valence electrons. The molecular formula is C26H35Br2O8PSi. The fraction of sp³-hybridized carbons (Fsp3) is 0.462. The van der Waals surface area contributed by atoms with Crippen LogP contribution in [0.15, 0.2) is 57.5 Å². The summed E-state index contributed by atoms with van der Waals surface area (Å²) in [6, 6.07) is 14.4. The van der Waals surface area contributed by atoms with Gasteiger partial charge in [0.2, 0.25) is 0 Å². The van der Waals surface area contributed by atoms with Crippen molar-refractivity contribution in [2.75, 3.05) is 6.16 Å². The standard InChI is InChI=1S/C26H35Br2O8PSi/c1-26(2,3)38(4,5)36-23(25(31)32)14-20(24(29)30)17-37(33,34-15-18-6-10-21(27)11-7-18)35-16-19-8-12-22(28)13-9-19/h6-13,20,23H,14-17H2,1-5H3,(H,29,30)(H,31,32). The molecule has 2 unspecified atom stereocenters. The van der Waals surface area contributed by atoms with Gasteiger partial charge >= 0.3 is 19.5 Å². The summed E-state index contributed by atoms with van der Waals surface area (Å²) in [6.45, 7) is 9.55. The Hall–Kier alpha value is -1.33. The van der Waals surface area contributed by atoms with Crippen LogP contribution in [-0.4, -0.2) is 42.7 Å². The van der Waals surface area contributed by atoms with E-state index >= 15 is 0 Å². The molecule has 0 saturated carbocycles. The number of carbonyl (C=O) groups is 2. The Kier molecular flexibility index (Phi) is 12.0. The Bertz CT molecular complexity index is 1080.